The van der Waals surface area contributed by atoms with Crippen molar-refractivity contribution in [2.24, 2.45) is 0 Å². The predicted molar refractivity (Wildman–Crippen MR) is 76.0 cm³/mol. The van der Waals surface area contributed by atoms with Gasteiger partial charge in [-0.1, -0.05) is 11.8 Å². The Balaban J connectivity index is 1.95. The first kappa shape index (κ1) is 13.9. The van der Waals surface area contributed by atoms with Crippen LogP contribution in [-0.2, 0) is 0 Å². The molecule has 2 heterocycles. The van der Waals surface area contributed by atoms with Crippen LogP contribution in [0.25, 0.3) is 0 Å². The van der Waals surface area contributed by atoms with E-state index in [9.17, 15) is 4.79 Å². The number of carbonyl (C=O) groups excluding carboxylic acids is 1. The van der Waals surface area contributed by atoms with Gasteiger partial charge in [0.15, 0.2) is 0 Å². The quantitative estimate of drug-likeness (QED) is 0.793. The maximum atomic E-state index is 12.0. The lowest BCUT2D eigenvalue weighted by atomic mass is 10.1. The maximum Gasteiger partial charge on any atom is 0.270 e. The molecule has 0 spiro atoms. The fraction of sp³-hybridized carbons (Fsp3) is 0.429. The number of nitrogens with one attached hydrogen (secondary N) is 1. The van der Waals surface area contributed by atoms with Crippen LogP contribution < -0.4 is 5.32 Å². The average molecular weight is 276 g/mol. The molecule has 1 saturated heterocycles. The van der Waals surface area contributed by atoms with E-state index in [4.69, 9.17) is 5.11 Å². The van der Waals surface area contributed by atoms with E-state index in [-0.39, 0.29) is 18.6 Å². The number of hydrogen-bond acceptors (Lipinski definition) is 4. The summed E-state index contributed by atoms with van der Waals surface area (Å²) in [5.74, 6) is 7.37. The number of pyridine rings is 1. The Bertz CT molecular complexity index is 484. The molecule has 100 valence electrons. The molecule has 0 saturated carbocycles. The van der Waals surface area contributed by atoms with Gasteiger partial charge >= 0.3 is 0 Å². The maximum absolute atomic E-state index is 12.0. The third kappa shape index (κ3) is 4.27. The van der Waals surface area contributed by atoms with Crippen LogP contribution in [-0.4, -0.2) is 40.2 Å². The molecule has 4 nitrogen and oxygen atoms in total. The molecule has 0 aromatic carbocycles. The second-order valence-corrected chi connectivity index (χ2v) is 5.48. The fourth-order valence-corrected chi connectivity index (χ4v) is 2.95. The predicted octanol–water partition coefficient (Wildman–Crippen LogP) is 1.05. The summed E-state index contributed by atoms with van der Waals surface area (Å²) in [5, 5.41) is 11.6. The lowest BCUT2D eigenvalue weighted by molar-refractivity contribution is 0.0930. The molecule has 2 rings (SSSR count). The number of rotatable bonds is 2. The van der Waals surface area contributed by atoms with Crippen molar-refractivity contribution in [3.05, 3.63) is 29.6 Å². The van der Waals surface area contributed by atoms with Crippen LogP contribution in [0.15, 0.2) is 18.3 Å². The van der Waals surface area contributed by atoms with E-state index < -0.39 is 0 Å². The molecule has 1 aliphatic heterocycles. The number of nitrogens with zero attached hydrogens (tertiary/aromatic N) is 1. The van der Waals surface area contributed by atoms with Crippen molar-refractivity contribution in [2.45, 2.75) is 18.9 Å². The molecule has 1 aromatic rings. The van der Waals surface area contributed by atoms with Crippen molar-refractivity contribution in [3.8, 4) is 11.8 Å². The van der Waals surface area contributed by atoms with E-state index in [1.54, 1.807) is 18.3 Å². The normalized spacial score (nSPS) is 15.4. The molecular weight excluding hydrogens is 260 g/mol. The molecule has 19 heavy (non-hydrogen) atoms. The van der Waals surface area contributed by atoms with E-state index in [2.05, 4.69) is 22.1 Å². The van der Waals surface area contributed by atoms with Gasteiger partial charge < -0.3 is 10.4 Å². The summed E-state index contributed by atoms with van der Waals surface area (Å²) in [6.45, 7) is -0.179. The lowest BCUT2D eigenvalue weighted by Gasteiger charge is -2.22. The van der Waals surface area contributed by atoms with E-state index in [1.807, 2.05) is 11.8 Å². The van der Waals surface area contributed by atoms with Gasteiger partial charge in [-0.05, 0) is 36.5 Å². The molecule has 0 unspecified atom stereocenters. The Hall–Kier alpha value is -1.51. The van der Waals surface area contributed by atoms with E-state index >= 15 is 0 Å². The van der Waals surface area contributed by atoms with Crippen molar-refractivity contribution >= 4 is 17.7 Å². The monoisotopic (exact) mass is 276 g/mol. The topological polar surface area (TPSA) is 62.2 Å². The second kappa shape index (κ2) is 7.17. The number of carbonyl (C=O) groups is 1. The minimum Gasteiger partial charge on any atom is -0.384 e. The zero-order chi connectivity index (χ0) is 13.5. The second-order valence-electron chi connectivity index (χ2n) is 4.25. The van der Waals surface area contributed by atoms with Crippen molar-refractivity contribution in [3.63, 3.8) is 0 Å². The third-order valence-electron chi connectivity index (χ3n) is 2.86. The SMILES string of the molecule is O=C(NC1CCSCC1)c1ccc(C#CCO)cn1. The van der Waals surface area contributed by atoms with Gasteiger partial charge in [0.1, 0.15) is 12.3 Å². The van der Waals surface area contributed by atoms with Gasteiger partial charge in [-0.15, -0.1) is 0 Å². The van der Waals surface area contributed by atoms with Gasteiger partial charge in [-0.25, -0.2) is 4.98 Å². The fourth-order valence-electron chi connectivity index (χ4n) is 1.84. The smallest absolute Gasteiger partial charge is 0.270 e. The van der Waals surface area contributed by atoms with Crippen LogP contribution in [0, 0.1) is 11.8 Å². The third-order valence-corrected chi connectivity index (χ3v) is 3.91. The summed E-state index contributed by atoms with van der Waals surface area (Å²) in [5.41, 5.74) is 1.10. The molecule has 1 aliphatic rings. The first-order valence-electron chi connectivity index (χ1n) is 6.24. The van der Waals surface area contributed by atoms with Crippen LogP contribution in [0.4, 0.5) is 0 Å². The molecule has 0 bridgehead atoms. The summed E-state index contributed by atoms with van der Waals surface area (Å²) in [7, 11) is 0. The van der Waals surface area contributed by atoms with Crippen LogP contribution in [0.1, 0.15) is 28.9 Å². The Morgan fingerprint density at radius 2 is 2.26 bits per heavy atom. The van der Waals surface area contributed by atoms with Gasteiger partial charge in [0.25, 0.3) is 5.91 Å². The minimum atomic E-state index is -0.179. The molecule has 1 aromatic heterocycles. The zero-order valence-electron chi connectivity index (χ0n) is 10.6. The van der Waals surface area contributed by atoms with Gasteiger partial charge in [-0.3, -0.25) is 4.79 Å². The highest BCUT2D eigenvalue weighted by atomic mass is 32.2. The number of hydrogen-bond donors (Lipinski definition) is 2. The molecule has 1 amide bonds. The van der Waals surface area contributed by atoms with Crippen LogP contribution in [0.3, 0.4) is 0 Å². The summed E-state index contributed by atoms with van der Waals surface area (Å²) < 4.78 is 0. The Labute approximate surface area is 117 Å². The Kier molecular flexibility index (Phi) is 5.25. The van der Waals surface area contributed by atoms with Gasteiger partial charge in [0.2, 0.25) is 0 Å². The Morgan fingerprint density at radius 1 is 1.47 bits per heavy atom. The molecule has 0 aliphatic carbocycles. The van der Waals surface area contributed by atoms with Crippen molar-refractivity contribution in [2.75, 3.05) is 18.1 Å². The van der Waals surface area contributed by atoms with Gasteiger partial charge in [0.05, 0.1) is 0 Å². The summed E-state index contributed by atoms with van der Waals surface area (Å²) in [6, 6.07) is 3.67. The van der Waals surface area contributed by atoms with Gasteiger partial charge in [0, 0.05) is 17.8 Å². The highest BCUT2D eigenvalue weighted by Gasteiger charge is 2.17. The van der Waals surface area contributed by atoms with E-state index in [0.717, 1.165) is 24.3 Å². The number of amides is 1. The summed E-state index contributed by atoms with van der Waals surface area (Å²) in [6.07, 6.45) is 3.60. The van der Waals surface area contributed by atoms with Crippen LogP contribution in [0.5, 0.6) is 0 Å². The van der Waals surface area contributed by atoms with E-state index in [0.29, 0.717) is 11.3 Å². The number of aliphatic hydroxyl groups is 1. The largest absolute Gasteiger partial charge is 0.384 e. The molecule has 0 atom stereocenters. The first-order valence-corrected chi connectivity index (χ1v) is 7.39. The van der Waals surface area contributed by atoms with Crippen molar-refractivity contribution in [1.29, 1.82) is 0 Å². The van der Waals surface area contributed by atoms with Crippen molar-refractivity contribution < 1.29 is 9.90 Å². The average Bonchev–Trinajstić information content (AvgIpc) is 2.46. The van der Waals surface area contributed by atoms with Crippen molar-refractivity contribution in [1.82, 2.24) is 10.3 Å². The number of aromatic nitrogens is 1. The Morgan fingerprint density at radius 3 is 2.89 bits per heavy atom. The molecule has 0 radical (unpaired) electrons. The van der Waals surface area contributed by atoms with E-state index in [1.165, 1.54) is 0 Å². The molecule has 5 heteroatoms. The molecule has 2 N–H and O–H groups in total. The summed E-state index contributed by atoms with van der Waals surface area (Å²) in [4.78, 5) is 16.1. The van der Waals surface area contributed by atoms with Crippen LogP contribution in [0.2, 0.25) is 0 Å². The highest BCUT2D eigenvalue weighted by molar-refractivity contribution is 7.99. The van der Waals surface area contributed by atoms with Crippen LogP contribution >= 0.6 is 11.8 Å². The molecule has 1 fully saturated rings. The van der Waals surface area contributed by atoms with Gasteiger partial charge in [-0.2, -0.15) is 11.8 Å². The highest BCUT2D eigenvalue weighted by Crippen LogP contribution is 2.17. The number of aliphatic hydroxyl groups excluding tert-OH is 1. The first-order chi connectivity index (χ1) is 9.29. The molecular formula is C14H16N2O2S. The lowest BCUT2D eigenvalue weighted by Crippen LogP contribution is -2.37. The zero-order valence-corrected chi connectivity index (χ0v) is 11.4. The number of thioether (sulfide) groups is 1. The summed E-state index contributed by atoms with van der Waals surface area (Å²) >= 11 is 1.93. The standard InChI is InChI=1S/C14H16N2O2S/c17-7-1-2-11-3-4-13(15-10-11)14(18)16-12-5-8-19-9-6-12/h3-4,10,12,17H,5-9H2,(H,16,18). The minimum absolute atomic E-state index is 0.126.